The fourth-order valence-corrected chi connectivity index (χ4v) is 3.13. The minimum atomic E-state index is -3.28. The van der Waals surface area contributed by atoms with Gasteiger partial charge >= 0.3 is 6.03 Å². The van der Waals surface area contributed by atoms with Crippen LogP contribution in [0.5, 0.6) is 0 Å². The summed E-state index contributed by atoms with van der Waals surface area (Å²) in [5.74, 6) is -1.39. The summed E-state index contributed by atoms with van der Waals surface area (Å²) < 4.78 is 22.3. The number of nitrogens with zero attached hydrogens (tertiary/aromatic N) is 1. The molecule has 0 radical (unpaired) electrons. The quantitative estimate of drug-likeness (QED) is 0.717. The third kappa shape index (κ3) is 2.49. The van der Waals surface area contributed by atoms with Gasteiger partial charge in [0.1, 0.15) is 15.3 Å². The molecule has 0 aromatic rings. The van der Waals surface area contributed by atoms with Gasteiger partial charge in [0.2, 0.25) is 11.8 Å². The lowest BCUT2D eigenvalue weighted by Gasteiger charge is -2.36. The fourth-order valence-electron chi connectivity index (χ4n) is 2.61. The predicted molar refractivity (Wildman–Crippen MR) is 65.9 cm³/mol. The molecule has 1 aliphatic heterocycles. The van der Waals surface area contributed by atoms with Gasteiger partial charge in [-0.15, -0.1) is 0 Å². The first-order valence-corrected chi connectivity index (χ1v) is 8.17. The van der Waals surface area contributed by atoms with Gasteiger partial charge in [-0.25, -0.2) is 13.2 Å². The molecule has 2 rings (SSSR count). The molecule has 0 aromatic carbocycles. The lowest BCUT2D eigenvalue weighted by atomic mass is 9.82. The van der Waals surface area contributed by atoms with Crippen LogP contribution in [0.2, 0.25) is 0 Å². The third-order valence-corrected chi connectivity index (χ3v) is 4.62. The van der Waals surface area contributed by atoms with Crippen LogP contribution in [0.1, 0.15) is 25.7 Å². The molecule has 7 nitrogen and oxygen atoms in total. The summed E-state index contributed by atoms with van der Waals surface area (Å²) in [7, 11) is -3.28. The number of nitrogens with one attached hydrogen (secondary N) is 1. The predicted octanol–water partition coefficient (Wildman–Crippen LogP) is -0.330. The molecule has 1 heterocycles. The van der Waals surface area contributed by atoms with Crippen molar-refractivity contribution >= 4 is 27.7 Å². The normalized spacial score (nSPS) is 23.0. The zero-order valence-corrected chi connectivity index (χ0v) is 11.5. The van der Waals surface area contributed by atoms with Crippen molar-refractivity contribution in [1.29, 1.82) is 0 Å². The molecule has 1 aliphatic carbocycles. The Morgan fingerprint density at radius 3 is 2.32 bits per heavy atom. The number of carbonyl (C=O) groups excluding carboxylic acids is 3. The topological polar surface area (TPSA) is 101 Å². The molecule has 1 spiro atoms. The molecule has 19 heavy (non-hydrogen) atoms. The van der Waals surface area contributed by atoms with Crippen molar-refractivity contribution in [3.05, 3.63) is 0 Å². The van der Waals surface area contributed by atoms with E-state index in [0.717, 1.165) is 24.0 Å². The number of barbiturate groups is 1. The number of rotatable bonds is 3. The van der Waals surface area contributed by atoms with Crippen LogP contribution in [0.25, 0.3) is 0 Å². The Hall–Kier alpha value is -1.44. The van der Waals surface area contributed by atoms with Gasteiger partial charge in [-0.1, -0.05) is 12.8 Å². The molecule has 4 amide bonds. The molecule has 106 valence electrons. The van der Waals surface area contributed by atoms with E-state index >= 15 is 0 Å². The van der Waals surface area contributed by atoms with Crippen LogP contribution in [-0.2, 0) is 19.4 Å². The molecule has 2 aliphatic rings. The van der Waals surface area contributed by atoms with Gasteiger partial charge in [0.05, 0.1) is 5.75 Å². The van der Waals surface area contributed by atoms with E-state index in [1.807, 2.05) is 0 Å². The van der Waals surface area contributed by atoms with E-state index in [0.29, 0.717) is 12.8 Å². The van der Waals surface area contributed by atoms with Gasteiger partial charge in [0.25, 0.3) is 0 Å². The number of imide groups is 2. The lowest BCUT2D eigenvalue weighted by Crippen LogP contribution is -2.63. The molecule has 1 N–H and O–H groups in total. The largest absolute Gasteiger partial charge is 0.330 e. The van der Waals surface area contributed by atoms with E-state index in [4.69, 9.17) is 0 Å². The number of carbonyl (C=O) groups is 3. The maximum Gasteiger partial charge on any atom is 0.330 e. The monoisotopic (exact) mass is 288 g/mol. The van der Waals surface area contributed by atoms with Gasteiger partial charge in [-0.3, -0.25) is 19.8 Å². The highest BCUT2D eigenvalue weighted by Gasteiger charge is 2.54. The van der Waals surface area contributed by atoms with Crippen LogP contribution < -0.4 is 5.32 Å². The Morgan fingerprint density at radius 1 is 1.21 bits per heavy atom. The zero-order chi connectivity index (χ0) is 14.3. The second-order valence-corrected chi connectivity index (χ2v) is 7.39. The average Bonchev–Trinajstić information content (AvgIpc) is 2.75. The molecule has 1 saturated carbocycles. The van der Waals surface area contributed by atoms with Crippen LogP contribution in [0.4, 0.5) is 4.79 Å². The van der Waals surface area contributed by atoms with Crippen LogP contribution in [-0.4, -0.2) is 49.7 Å². The third-order valence-electron chi connectivity index (χ3n) is 3.70. The van der Waals surface area contributed by atoms with Crippen LogP contribution >= 0.6 is 0 Å². The van der Waals surface area contributed by atoms with E-state index in [1.54, 1.807) is 0 Å². The Labute approximate surface area is 111 Å². The first kappa shape index (κ1) is 14.0. The summed E-state index contributed by atoms with van der Waals surface area (Å²) in [5, 5.41) is 2.16. The van der Waals surface area contributed by atoms with E-state index in [2.05, 4.69) is 5.32 Å². The summed E-state index contributed by atoms with van der Waals surface area (Å²) in [6, 6.07) is -0.823. The number of amides is 4. The molecule has 1 saturated heterocycles. The van der Waals surface area contributed by atoms with E-state index in [1.165, 1.54) is 0 Å². The van der Waals surface area contributed by atoms with E-state index < -0.39 is 33.1 Å². The van der Waals surface area contributed by atoms with Crippen molar-refractivity contribution in [2.45, 2.75) is 25.7 Å². The van der Waals surface area contributed by atoms with E-state index in [9.17, 15) is 22.8 Å². The first-order chi connectivity index (χ1) is 8.76. The standard InChI is InChI=1S/C11H16N2O5S/c1-19(17,18)7-6-13-9(15)11(4-2-3-5-11)8(14)12-10(13)16/h2-7H2,1H3,(H,12,14,16). The van der Waals surface area contributed by atoms with Gasteiger partial charge in [-0.05, 0) is 12.8 Å². The molecule has 2 fully saturated rings. The Kier molecular flexibility index (Phi) is 3.38. The summed E-state index contributed by atoms with van der Waals surface area (Å²) in [5.41, 5.74) is -1.16. The summed E-state index contributed by atoms with van der Waals surface area (Å²) in [6.07, 6.45) is 3.39. The van der Waals surface area contributed by atoms with Crippen molar-refractivity contribution in [3.8, 4) is 0 Å². The molecular weight excluding hydrogens is 272 g/mol. The van der Waals surface area contributed by atoms with Crippen LogP contribution in [0.3, 0.4) is 0 Å². The first-order valence-electron chi connectivity index (χ1n) is 6.11. The molecule has 8 heteroatoms. The number of sulfone groups is 1. The van der Waals surface area contributed by atoms with E-state index in [-0.39, 0.29) is 12.3 Å². The van der Waals surface area contributed by atoms with Crippen LogP contribution in [0.15, 0.2) is 0 Å². The van der Waals surface area contributed by atoms with Crippen LogP contribution in [0, 0.1) is 5.41 Å². The molecular formula is C11H16N2O5S. The summed E-state index contributed by atoms with van der Waals surface area (Å²) >= 11 is 0. The zero-order valence-electron chi connectivity index (χ0n) is 10.6. The Morgan fingerprint density at radius 2 is 1.79 bits per heavy atom. The maximum atomic E-state index is 12.3. The van der Waals surface area contributed by atoms with Gasteiger partial charge < -0.3 is 0 Å². The van der Waals surface area contributed by atoms with Crippen molar-refractivity contribution < 1.29 is 22.8 Å². The van der Waals surface area contributed by atoms with Gasteiger partial charge in [0, 0.05) is 12.8 Å². The smallest absolute Gasteiger partial charge is 0.277 e. The van der Waals surface area contributed by atoms with Gasteiger partial charge in [0.15, 0.2) is 0 Å². The van der Waals surface area contributed by atoms with Crippen molar-refractivity contribution in [2.24, 2.45) is 5.41 Å². The highest BCUT2D eigenvalue weighted by atomic mass is 32.2. The Bertz CT molecular complexity index is 533. The van der Waals surface area contributed by atoms with Crippen molar-refractivity contribution in [2.75, 3.05) is 18.6 Å². The lowest BCUT2D eigenvalue weighted by molar-refractivity contribution is -0.150. The highest BCUT2D eigenvalue weighted by molar-refractivity contribution is 7.90. The minimum absolute atomic E-state index is 0.210. The molecule has 0 atom stereocenters. The second kappa shape index (κ2) is 4.59. The molecule has 0 bridgehead atoms. The summed E-state index contributed by atoms with van der Waals surface area (Å²) in [4.78, 5) is 36.7. The Balaban J connectivity index is 2.21. The number of urea groups is 1. The number of hydrogen-bond donors (Lipinski definition) is 1. The SMILES string of the molecule is CS(=O)(=O)CCN1C(=O)NC(=O)C2(CCCC2)C1=O. The van der Waals surface area contributed by atoms with Crippen molar-refractivity contribution in [3.63, 3.8) is 0 Å². The molecule has 0 aromatic heterocycles. The highest BCUT2D eigenvalue weighted by Crippen LogP contribution is 2.41. The van der Waals surface area contributed by atoms with Crippen molar-refractivity contribution in [1.82, 2.24) is 10.2 Å². The fraction of sp³-hybridized carbons (Fsp3) is 0.727. The average molecular weight is 288 g/mol. The second-order valence-electron chi connectivity index (χ2n) is 5.14. The number of hydrogen-bond acceptors (Lipinski definition) is 5. The van der Waals surface area contributed by atoms with Gasteiger partial charge in [-0.2, -0.15) is 0 Å². The molecule has 0 unspecified atom stereocenters. The summed E-state index contributed by atoms with van der Waals surface area (Å²) in [6.45, 7) is -0.210. The maximum absolute atomic E-state index is 12.3. The minimum Gasteiger partial charge on any atom is -0.277 e.